The van der Waals surface area contributed by atoms with Crippen molar-refractivity contribution in [3.8, 4) is 0 Å². The van der Waals surface area contributed by atoms with Gasteiger partial charge < -0.3 is 24.6 Å². The molecule has 0 spiro atoms. The summed E-state index contributed by atoms with van der Waals surface area (Å²) in [4.78, 5) is 41.0. The molecule has 0 unspecified atom stereocenters. The van der Waals surface area contributed by atoms with Crippen LogP contribution in [0.15, 0.2) is 30.3 Å². The molecule has 3 amide bonds. The van der Waals surface area contributed by atoms with Crippen LogP contribution in [0, 0.1) is 11.8 Å². The number of amides is 3. The molecule has 0 aromatic heterocycles. The smallest absolute Gasteiger partial charge is 0.409 e. The number of ether oxygens (including phenoxy) is 2. The second-order valence-electron chi connectivity index (χ2n) is 10.1. The summed E-state index contributed by atoms with van der Waals surface area (Å²) in [5, 5.41) is 2.73. The van der Waals surface area contributed by atoms with Crippen LogP contribution in [0.2, 0.25) is 0 Å². The number of benzene rings is 1. The van der Waals surface area contributed by atoms with Gasteiger partial charge in [-0.05, 0) is 51.0 Å². The molecule has 8 heteroatoms. The van der Waals surface area contributed by atoms with E-state index in [4.69, 9.17) is 9.47 Å². The maximum Gasteiger partial charge on any atom is 0.409 e. The number of nitrogens with zero attached hydrogens (tertiary/aromatic N) is 2. The molecule has 1 N–H and O–H groups in total. The maximum atomic E-state index is 13.1. The second-order valence-corrected chi connectivity index (χ2v) is 10.1. The van der Waals surface area contributed by atoms with Crippen molar-refractivity contribution in [1.82, 2.24) is 15.1 Å². The van der Waals surface area contributed by atoms with Gasteiger partial charge in [-0.15, -0.1) is 0 Å². The van der Waals surface area contributed by atoms with E-state index in [1.54, 1.807) is 37.6 Å². The summed E-state index contributed by atoms with van der Waals surface area (Å²) < 4.78 is 10.7. The largest absolute Gasteiger partial charge is 0.445 e. The molecular weight excluding hydrogens is 422 g/mol. The van der Waals surface area contributed by atoms with Gasteiger partial charge in [0, 0.05) is 26.7 Å². The molecular formula is C25H39N3O5. The zero-order chi connectivity index (χ0) is 24.6. The first-order valence-corrected chi connectivity index (χ1v) is 11.7. The van der Waals surface area contributed by atoms with Gasteiger partial charge in [0.1, 0.15) is 18.2 Å². The van der Waals surface area contributed by atoms with Crippen LogP contribution < -0.4 is 5.32 Å². The van der Waals surface area contributed by atoms with E-state index in [2.05, 4.69) is 5.32 Å². The minimum Gasteiger partial charge on any atom is -0.445 e. The van der Waals surface area contributed by atoms with E-state index in [0.29, 0.717) is 25.6 Å². The molecule has 1 aromatic carbocycles. The van der Waals surface area contributed by atoms with Crippen LogP contribution in [0.4, 0.5) is 9.59 Å². The number of likely N-dealkylation sites (tertiary alicyclic amines) is 1. The lowest BCUT2D eigenvalue weighted by Crippen LogP contribution is -2.54. The molecule has 1 heterocycles. The predicted octanol–water partition coefficient (Wildman–Crippen LogP) is 4.04. The van der Waals surface area contributed by atoms with Crippen molar-refractivity contribution in [2.75, 3.05) is 26.7 Å². The highest BCUT2D eigenvalue weighted by Crippen LogP contribution is 2.20. The SMILES string of the molecule is CC(C)[C@H](NC(=O)OC(C)(C)C)C(=O)N1CCC(CN(C)C(=O)OCc2ccccc2)CC1. The molecule has 1 aliphatic heterocycles. The molecule has 33 heavy (non-hydrogen) atoms. The van der Waals surface area contributed by atoms with Gasteiger partial charge in [-0.25, -0.2) is 9.59 Å². The molecule has 0 radical (unpaired) electrons. The van der Waals surface area contributed by atoms with Crippen molar-refractivity contribution < 1.29 is 23.9 Å². The lowest BCUT2D eigenvalue weighted by molar-refractivity contribution is -0.136. The summed E-state index contributed by atoms with van der Waals surface area (Å²) >= 11 is 0. The van der Waals surface area contributed by atoms with Crippen molar-refractivity contribution in [3.05, 3.63) is 35.9 Å². The van der Waals surface area contributed by atoms with Crippen LogP contribution in [0.25, 0.3) is 0 Å². The minimum absolute atomic E-state index is 0.0618. The molecule has 1 atom stereocenters. The van der Waals surface area contributed by atoms with Crippen molar-refractivity contribution in [1.29, 1.82) is 0 Å². The zero-order valence-electron chi connectivity index (χ0n) is 20.8. The minimum atomic E-state index is -0.632. The first kappa shape index (κ1) is 26.5. The van der Waals surface area contributed by atoms with Crippen LogP contribution >= 0.6 is 0 Å². The quantitative estimate of drug-likeness (QED) is 0.662. The normalized spacial score (nSPS) is 15.7. The Labute approximate surface area is 197 Å². The van der Waals surface area contributed by atoms with Gasteiger partial charge in [0.25, 0.3) is 0 Å². The van der Waals surface area contributed by atoms with Crippen molar-refractivity contribution in [2.45, 2.75) is 65.7 Å². The summed E-state index contributed by atoms with van der Waals surface area (Å²) in [6.07, 6.45) is 0.650. The van der Waals surface area contributed by atoms with Gasteiger partial charge in [-0.1, -0.05) is 44.2 Å². The Bertz CT molecular complexity index is 783. The number of alkyl carbamates (subject to hydrolysis) is 1. The van der Waals surface area contributed by atoms with Crippen molar-refractivity contribution in [2.24, 2.45) is 11.8 Å². The summed E-state index contributed by atoms with van der Waals surface area (Å²) in [7, 11) is 1.74. The molecule has 184 valence electrons. The number of hydrogen-bond donors (Lipinski definition) is 1. The van der Waals surface area contributed by atoms with E-state index in [-0.39, 0.29) is 24.5 Å². The monoisotopic (exact) mass is 461 g/mol. The Morgan fingerprint density at radius 1 is 1.12 bits per heavy atom. The predicted molar refractivity (Wildman–Crippen MR) is 127 cm³/mol. The Morgan fingerprint density at radius 2 is 1.73 bits per heavy atom. The highest BCUT2D eigenvalue weighted by Gasteiger charge is 2.33. The number of hydrogen-bond acceptors (Lipinski definition) is 5. The summed E-state index contributed by atoms with van der Waals surface area (Å²) in [5.74, 6) is 0.137. The Hall–Kier alpha value is -2.77. The molecule has 8 nitrogen and oxygen atoms in total. The highest BCUT2D eigenvalue weighted by molar-refractivity contribution is 5.86. The van der Waals surface area contributed by atoms with Gasteiger partial charge in [0.2, 0.25) is 5.91 Å². The molecule has 1 aromatic rings. The summed E-state index contributed by atoms with van der Waals surface area (Å²) in [5.41, 5.74) is 0.326. The third-order valence-corrected chi connectivity index (χ3v) is 5.58. The van der Waals surface area contributed by atoms with E-state index in [1.807, 2.05) is 44.2 Å². The molecule has 0 bridgehead atoms. The standard InChI is InChI=1S/C25H39N3O5/c1-18(2)21(26-23(30)33-25(3,4)5)22(29)28-14-12-19(13-15-28)16-27(6)24(31)32-17-20-10-8-7-9-11-20/h7-11,18-19,21H,12-17H2,1-6H3,(H,26,30)/t21-/m0/s1. The molecule has 1 saturated heterocycles. The zero-order valence-corrected chi connectivity index (χ0v) is 20.8. The van der Waals surface area contributed by atoms with Crippen LogP contribution in [0.1, 0.15) is 53.0 Å². The third kappa shape index (κ3) is 8.94. The van der Waals surface area contributed by atoms with E-state index in [9.17, 15) is 14.4 Å². The third-order valence-electron chi connectivity index (χ3n) is 5.58. The average molecular weight is 462 g/mol. The number of nitrogens with one attached hydrogen (secondary N) is 1. The van der Waals surface area contributed by atoms with Crippen LogP contribution in [-0.2, 0) is 20.9 Å². The van der Waals surface area contributed by atoms with E-state index in [1.165, 1.54) is 0 Å². The molecule has 2 rings (SSSR count). The van der Waals surface area contributed by atoms with Crippen LogP contribution in [0.5, 0.6) is 0 Å². The highest BCUT2D eigenvalue weighted by atomic mass is 16.6. The Kier molecular flexibility index (Phi) is 9.56. The molecule has 0 aliphatic carbocycles. The molecule has 1 fully saturated rings. The number of piperidine rings is 1. The van der Waals surface area contributed by atoms with E-state index in [0.717, 1.165) is 18.4 Å². The number of carbonyl (C=O) groups excluding carboxylic acids is 3. The van der Waals surface area contributed by atoms with Crippen molar-refractivity contribution >= 4 is 18.1 Å². The van der Waals surface area contributed by atoms with Crippen LogP contribution in [0.3, 0.4) is 0 Å². The van der Waals surface area contributed by atoms with Gasteiger partial charge >= 0.3 is 12.2 Å². The topological polar surface area (TPSA) is 88.2 Å². The first-order valence-electron chi connectivity index (χ1n) is 11.7. The number of carbonyl (C=O) groups is 3. The second kappa shape index (κ2) is 11.9. The molecule has 1 aliphatic rings. The Balaban J connectivity index is 1.80. The molecule has 0 saturated carbocycles. The van der Waals surface area contributed by atoms with E-state index >= 15 is 0 Å². The summed E-state index contributed by atoms with van der Waals surface area (Å²) in [6, 6.07) is 8.95. The number of rotatable bonds is 7. The van der Waals surface area contributed by atoms with Crippen LogP contribution in [-0.4, -0.2) is 66.2 Å². The van der Waals surface area contributed by atoms with Gasteiger partial charge in [0.05, 0.1) is 0 Å². The lowest BCUT2D eigenvalue weighted by Gasteiger charge is -2.36. The van der Waals surface area contributed by atoms with Gasteiger partial charge in [-0.3, -0.25) is 4.79 Å². The fraction of sp³-hybridized carbons (Fsp3) is 0.640. The van der Waals surface area contributed by atoms with Gasteiger partial charge in [-0.2, -0.15) is 0 Å². The van der Waals surface area contributed by atoms with E-state index < -0.39 is 17.7 Å². The van der Waals surface area contributed by atoms with Crippen molar-refractivity contribution in [3.63, 3.8) is 0 Å². The lowest BCUT2D eigenvalue weighted by atomic mass is 9.94. The first-order chi connectivity index (χ1) is 15.5. The fourth-order valence-electron chi connectivity index (χ4n) is 3.77. The fourth-order valence-corrected chi connectivity index (χ4v) is 3.77. The average Bonchev–Trinajstić information content (AvgIpc) is 2.75. The maximum absolute atomic E-state index is 13.1. The summed E-state index contributed by atoms with van der Waals surface area (Å²) in [6.45, 7) is 11.2. The van der Waals surface area contributed by atoms with Gasteiger partial charge in [0.15, 0.2) is 0 Å². The Morgan fingerprint density at radius 3 is 2.27 bits per heavy atom.